The molecule has 8 rings (SSSR count). The average Bonchev–Trinajstić information content (AvgIpc) is 3.99. The van der Waals surface area contributed by atoms with E-state index in [0.29, 0.717) is 30.9 Å². The molecule has 0 bridgehead atoms. The molecule has 318 valence electrons. The molecule has 5 aromatic rings. The van der Waals surface area contributed by atoms with Gasteiger partial charge in [0.15, 0.2) is 6.61 Å². The molecule has 3 aliphatic heterocycles. The van der Waals surface area contributed by atoms with Gasteiger partial charge in [0.1, 0.15) is 23.1 Å². The lowest BCUT2D eigenvalue weighted by Gasteiger charge is -2.27. The van der Waals surface area contributed by atoms with Crippen LogP contribution in [0, 0.1) is 0 Å². The minimum absolute atomic E-state index is 0.00710. The van der Waals surface area contributed by atoms with Crippen molar-refractivity contribution in [3.05, 3.63) is 96.1 Å². The highest BCUT2D eigenvalue weighted by Gasteiger charge is 2.46. The number of pyridine rings is 2. The number of H-pyrrole nitrogens is 1. The molecule has 3 aliphatic rings. The van der Waals surface area contributed by atoms with Crippen LogP contribution in [0.4, 0.5) is 5.69 Å². The van der Waals surface area contributed by atoms with Crippen LogP contribution in [0.25, 0.3) is 33.3 Å². The Morgan fingerprint density at radius 1 is 0.790 bits per heavy atom. The third-order valence-electron chi connectivity index (χ3n) is 11.4. The molecule has 16 heteroatoms. The molecule has 2 fully saturated rings. The summed E-state index contributed by atoms with van der Waals surface area (Å²) in [5.74, 6) is -2.86. The highest BCUT2D eigenvalue weighted by Crippen LogP contribution is 2.34. The van der Waals surface area contributed by atoms with Crippen LogP contribution >= 0.6 is 0 Å². The summed E-state index contributed by atoms with van der Waals surface area (Å²) in [6, 6.07) is 17.1. The Hall–Kier alpha value is -7.23. The molecule has 0 radical (unpaired) electrons. The summed E-state index contributed by atoms with van der Waals surface area (Å²) in [6.45, 7) is 1.37. The molecule has 6 heterocycles. The summed E-state index contributed by atoms with van der Waals surface area (Å²) in [6.07, 6.45) is 12.2. The van der Waals surface area contributed by atoms with Gasteiger partial charge in [-0.1, -0.05) is 43.9 Å². The zero-order valence-corrected chi connectivity index (χ0v) is 34.0. The average molecular weight is 839 g/mol. The van der Waals surface area contributed by atoms with Crippen LogP contribution in [0.15, 0.2) is 79.3 Å². The fourth-order valence-corrected chi connectivity index (χ4v) is 8.18. The number of carbonyl (C=O) groups excluding carboxylic acids is 7. The summed E-state index contributed by atoms with van der Waals surface area (Å²) < 4.78 is 5.65. The second kappa shape index (κ2) is 18.6. The number of fused-ring (bicyclic) bond motifs is 2. The number of carbonyl (C=O) groups is 7. The molecule has 62 heavy (non-hydrogen) atoms. The van der Waals surface area contributed by atoms with Gasteiger partial charge in [-0.25, -0.2) is 4.98 Å². The van der Waals surface area contributed by atoms with E-state index in [2.05, 4.69) is 37.0 Å². The maximum atomic E-state index is 13.2. The summed E-state index contributed by atoms with van der Waals surface area (Å²) in [7, 11) is 0. The van der Waals surface area contributed by atoms with Crippen molar-refractivity contribution in [2.45, 2.75) is 70.3 Å². The van der Waals surface area contributed by atoms with Crippen molar-refractivity contribution in [1.82, 2.24) is 35.8 Å². The highest BCUT2D eigenvalue weighted by atomic mass is 16.5. The normalized spacial score (nSPS) is 16.2. The minimum atomic E-state index is -1.09. The number of benzene rings is 2. The number of aromatic amines is 1. The summed E-state index contributed by atoms with van der Waals surface area (Å²) >= 11 is 0. The predicted molar refractivity (Wildman–Crippen MR) is 228 cm³/mol. The molecule has 16 nitrogen and oxygen atoms in total. The molecule has 1 atom stereocenters. The molecule has 4 N–H and O–H groups in total. The second-order valence-corrected chi connectivity index (χ2v) is 15.6. The Morgan fingerprint density at radius 2 is 1.55 bits per heavy atom. The number of imide groups is 2. The molecule has 0 saturated carbocycles. The number of hydrogen-bond acceptors (Lipinski definition) is 10. The van der Waals surface area contributed by atoms with E-state index in [1.807, 2.05) is 47.5 Å². The van der Waals surface area contributed by atoms with E-state index in [1.165, 1.54) is 12.1 Å². The van der Waals surface area contributed by atoms with E-state index in [9.17, 15) is 33.6 Å². The number of ether oxygens (including phenoxy) is 1. The maximum Gasteiger partial charge on any atom is 0.267 e. The lowest BCUT2D eigenvalue weighted by molar-refractivity contribution is -0.136. The lowest BCUT2D eigenvalue weighted by atomic mass is 10.0. The van der Waals surface area contributed by atoms with Gasteiger partial charge in [-0.05, 0) is 79.3 Å². The van der Waals surface area contributed by atoms with Crippen LogP contribution < -0.4 is 25.6 Å². The van der Waals surface area contributed by atoms with Crippen molar-refractivity contribution >= 4 is 58.1 Å². The van der Waals surface area contributed by atoms with Crippen LogP contribution in [0.5, 0.6) is 5.75 Å². The van der Waals surface area contributed by atoms with E-state index >= 15 is 0 Å². The molecule has 0 spiro atoms. The fraction of sp³-hybridized carbons (Fsp3) is 0.326. The fourth-order valence-electron chi connectivity index (χ4n) is 8.18. The van der Waals surface area contributed by atoms with Crippen molar-refractivity contribution in [2.24, 2.45) is 0 Å². The Balaban J connectivity index is 0.729. The minimum Gasteiger partial charge on any atom is -0.483 e. The van der Waals surface area contributed by atoms with Crippen LogP contribution in [-0.2, 0) is 19.2 Å². The van der Waals surface area contributed by atoms with Gasteiger partial charge >= 0.3 is 0 Å². The maximum absolute atomic E-state index is 13.2. The predicted octanol–water partition coefficient (Wildman–Crippen LogP) is 5.09. The first-order valence-corrected chi connectivity index (χ1v) is 21.0. The van der Waals surface area contributed by atoms with Crippen LogP contribution in [-0.4, -0.2) is 93.5 Å². The first kappa shape index (κ1) is 41.5. The number of rotatable bonds is 17. The third kappa shape index (κ3) is 8.94. The van der Waals surface area contributed by atoms with E-state index in [0.717, 1.165) is 89.7 Å². The van der Waals surface area contributed by atoms with Crippen molar-refractivity contribution in [2.75, 3.05) is 31.1 Å². The van der Waals surface area contributed by atoms with E-state index < -0.39 is 29.7 Å². The summed E-state index contributed by atoms with van der Waals surface area (Å²) in [5, 5.41) is 8.80. The molecule has 2 saturated heterocycles. The number of anilines is 1. The van der Waals surface area contributed by atoms with Gasteiger partial charge in [0.25, 0.3) is 23.6 Å². The molecule has 7 amide bonds. The zero-order valence-electron chi connectivity index (χ0n) is 34.0. The lowest BCUT2D eigenvalue weighted by Crippen LogP contribution is -2.54. The number of aromatic nitrogens is 3. The van der Waals surface area contributed by atoms with Crippen LogP contribution in [0.2, 0.25) is 0 Å². The van der Waals surface area contributed by atoms with Gasteiger partial charge in [0, 0.05) is 73.3 Å². The van der Waals surface area contributed by atoms with Crippen molar-refractivity contribution in [1.29, 1.82) is 0 Å². The van der Waals surface area contributed by atoms with Crippen molar-refractivity contribution in [3.63, 3.8) is 0 Å². The number of hydrogen-bond donors (Lipinski definition) is 4. The van der Waals surface area contributed by atoms with Gasteiger partial charge in [0.2, 0.25) is 17.7 Å². The third-order valence-corrected chi connectivity index (χ3v) is 11.4. The quantitative estimate of drug-likeness (QED) is 0.0720. The molecular weight excluding hydrogens is 793 g/mol. The number of piperidine rings is 1. The Morgan fingerprint density at radius 3 is 2.31 bits per heavy atom. The topological polar surface area (TPSA) is 213 Å². The Labute approximate surface area is 356 Å². The first-order valence-electron chi connectivity index (χ1n) is 21.0. The van der Waals surface area contributed by atoms with Gasteiger partial charge in [-0.3, -0.25) is 48.8 Å². The Kier molecular flexibility index (Phi) is 12.4. The number of nitrogens with one attached hydrogen (secondary N) is 4. The van der Waals surface area contributed by atoms with Crippen LogP contribution in [0.1, 0.15) is 95.4 Å². The molecular formula is C46H46N8O8. The number of nitrogens with zero attached hydrogens (tertiary/aromatic N) is 4. The SMILES string of the molecule is O=C(COc1cccc2c1C(=O)N(C1CCC(=O)NC1=O)C2=O)NCCCCCCCCNC(=O)c1cc2c(-c3cncc(-c4ccc(N5CCCC5=O)cc4)c3)ccnc2[nH]1. The van der Waals surface area contributed by atoms with E-state index in [-0.39, 0.29) is 54.0 Å². The molecule has 3 aromatic heterocycles. The smallest absolute Gasteiger partial charge is 0.267 e. The van der Waals surface area contributed by atoms with Gasteiger partial charge < -0.3 is 25.3 Å². The summed E-state index contributed by atoms with van der Waals surface area (Å²) in [4.78, 5) is 103. The monoisotopic (exact) mass is 838 g/mol. The standard InChI is InChI=1S/C46H46N8O8/c55-38-17-16-36(44(59)52-38)54-45(60)33-9-7-10-37(41(33)46(54)61)62-27-39(56)48-19-5-3-1-2-4-6-20-50-43(58)35-24-34-32(18-21-49-42(34)51-35)30-23-29(25-47-26-30)28-12-14-31(15-13-28)53-22-8-11-40(53)57/h7,9-10,12-15,18,21,23-26,36H,1-6,8,11,16-17,19-20,22,27H2,(H,48,56)(H,49,51)(H,50,58)(H,52,55,59). The molecule has 0 aliphatic carbocycles. The Bertz CT molecular complexity index is 2570. The summed E-state index contributed by atoms with van der Waals surface area (Å²) in [5.41, 5.74) is 5.72. The van der Waals surface area contributed by atoms with E-state index in [4.69, 9.17) is 4.74 Å². The largest absolute Gasteiger partial charge is 0.483 e. The first-order chi connectivity index (χ1) is 30.2. The zero-order chi connectivity index (χ0) is 43.2. The second-order valence-electron chi connectivity index (χ2n) is 15.6. The van der Waals surface area contributed by atoms with Crippen LogP contribution in [0.3, 0.4) is 0 Å². The van der Waals surface area contributed by atoms with Crippen molar-refractivity contribution in [3.8, 4) is 28.0 Å². The molecule has 1 unspecified atom stereocenters. The molecule has 2 aromatic carbocycles. The van der Waals surface area contributed by atoms with Crippen molar-refractivity contribution < 1.29 is 38.3 Å². The number of unbranched alkanes of at least 4 members (excludes halogenated alkanes) is 5. The van der Waals surface area contributed by atoms with Gasteiger partial charge in [0.05, 0.1) is 11.1 Å². The van der Waals surface area contributed by atoms with Gasteiger partial charge in [-0.2, -0.15) is 0 Å². The highest BCUT2D eigenvalue weighted by molar-refractivity contribution is 6.24. The van der Waals surface area contributed by atoms with E-state index in [1.54, 1.807) is 18.5 Å². The van der Waals surface area contributed by atoms with Gasteiger partial charge in [-0.15, -0.1) is 0 Å². The number of amides is 7.